The molecule has 0 aliphatic carbocycles. The minimum Gasteiger partial charge on any atom is -0.365 e. The van der Waals surface area contributed by atoms with Crippen LogP contribution in [-0.4, -0.2) is 42.1 Å². The molecule has 1 atom stereocenters. The molecule has 0 radical (unpaired) electrons. The maximum absolute atomic E-state index is 13.8. The minimum atomic E-state index is -0.161. The summed E-state index contributed by atoms with van der Waals surface area (Å²) in [4.78, 5) is 5.45. The molecular formula is C35H41FN2O2. The summed E-state index contributed by atoms with van der Waals surface area (Å²) >= 11 is 0. The number of ether oxygens (including phenoxy) is 2. The number of halogens is 1. The maximum Gasteiger partial charge on any atom is 0.123 e. The van der Waals surface area contributed by atoms with Gasteiger partial charge in [0.2, 0.25) is 0 Å². The van der Waals surface area contributed by atoms with Gasteiger partial charge in [-0.15, -0.1) is 0 Å². The molecule has 4 aliphatic heterocycles. The standard InChI is InChI=1S/C35H41FN2O2/c1-2-26(27-11-13-30(36)14-12-27)23-33(37-19-15-34(16-20-37)31-9-5-3-7-28(31)24-39-34)38-21-17-35(18-22-38)32-10-6-4-8-29(32)25-40-35/h3-14,26,33H,2,15-25H2,1H3. The van der Waals surface area contributed by atoms with Crippen LogP contribution in [0.3, 0.4) is 0 Å². The van der Waals surface area contributed by atoms with Crippen molar-refractivity contribution >= 4 is 0 Å². The zero-order valence-corrected chi connectivity index (χ0v) is 23.7. The third-order valence-electron chi connectivity index (χ3n) is 10.4. The lowest BCUT2D eigenvalue weighted by Crippen LogP contribution is -2.57. The lowest BCUT2D eigenvalue weighted by atomic mass is 9.81. The zero-order valence-electron chi connectivity index (χ0n) is 23.7. The van der Waals surface area contributed by atoms with Crippen LogP contribution >= 0.6 is 0 Å². The Bertz CT molecular complexity index is 1250. The lowest BCUT2D eigenvalue weighted by molar-refractivity contribution is -0.120. The molecule has 2 fully saturated rings. The summed E-state index contributed by atoms with van der Waals surface area (Å²) in [5, 5.41) is 0. The summed E-state index contributed by atoms with van der Waals surface area (Å²) < 4.78 is 26.8. The van der Waals surface area contributed by atoms with Gasteiger partial charge in [-0.3, -0.25) is 9.80 Å². The van der Waals surface area contributed by atoms with Gasteiger partial charge in [0.15, 0.2) is 0 Å². The van der Waals surface area contributed by atoms with Crippen LogP contribution in [0.25, 0.3) is 0 Å². The highest BCUT2D eigenvalue weighted by Gasteiger charge is 2.47. The lowest BCUT2D eigenvalue weighted by Gasteiger charge is -2.49. The summed E-state index contributed by atoms with van der Waals surface area (Å²) in [6, 6.07) is 24.8. The average molecular weight is 541 g/mol. The maximum atomic E-state index is 13.8. The first-order valence-corrected chi connectivity index (χ1v) is 15.3. The summed E-state index contributed by atoms with van der Waals surface area (Å²) in [5.74, 6) is 0.232. The topological polar surface area (TPSA) is 24.9 Å². The third-order valence-corrected chi connectivity index (χ3v) is 10.4. The SMILES string of the molecule is CCC(CC(N1CCC2(CC1)OCc1ccccc12)N1CCC2(CC1)OCc1ccccc12)c1ccc(F)cc1. The van der Waals surface area contributed by atoms with Crippen molar-refractivity contribution in [2.24, 2.45) is 0 Å². The molecule has 5 heteroatoms. The summed E-state index contributed by atoms with van der Waals surface area (Å²) in [5.41, 5.74) is 6.50. The Morgan fingerprint density at radius 2 is 1.18 bits per heavy atom. The second kappa shape index (κ2) is 10.7. The monoisotopic (exact) mass is 540 g/mol. The largest absolute Gasteiger partial charge is 0.365 e. The van der Waals surface area contributed by atoms with Crippen molar-refractivity contribution in [3.63, 3.8) is 0 Å². The van der Waals surface area contributed by atoms with E-state index in [1.54, 1.807) is 12.1 Å². The molecule has 4 aliphatic rings. The number of rotatable bonds is 6. The molecular weight excluding hydrogens is 499 g/mol. The van der Waals surface area contributed by atoms with Crippen LogP contribution in [0.1, 0.15) is 79.2 Å². The quantitative estimate of drug-likeness (QED) is 0.334. The van der Waals surface area contributed by atoms with Gasteiger partial charge in [-0.05, 0) is 84.4 Å². The van der Waals surface area contributed by atoms with Crippen molar-refractivity contribution < 1.29 is 13.9 Å². The average Bonchev–Trinajstić information content (AvgIpc) is 3.54. The Hall–Kier alpha value is -2.57. The Balaban J connectivity index is 1.12. The van der Waals surface area contributed by atoms with Crippen molar-refractivity contribution in [1.29, 1.82) is 0 Å². The van der Waals surface area contributed by atoms with Crippen LogP contribution in [0.2, 0.25) is 0 Å². The number of hydrogen-bond acceptors (Lipinski definition) is 4. The van der Waals surface area contributed by atoms with Gasteiger partial charge < -0.3 is 9.47 Å². The molecule has 3 aromatic rings. The highest BCUT2D eigenvalue weighted by molar-refractivity contribution is 5.37. The van der Waals surface area contributed by atoms with E-state index in [1.165, 1.54) is 27.8 Å². The third kappa shape index (κ3) is 4.61. The number of nitrogens with zero attached hydrogens (tertiary/aromatic N) is 2. The fourth-order valence-electron chi connectivity index (χ4n) is 8.02. The van der Waals surface area contributed by atoms with Crippen molar-refractivity contribution in [3.8, 4) is 0 Å². The molecule has 0 amide bonds. The van der Waals surface area contributed by atoms with Crippen molar-refractivity contribution in [3.05, 3.63) is 106 Å². The Kier molecular flexibility index (Phi) is 7.03. The number of benzene rings is 3. The molecule has 7 rings (SSSR count). The molecule has 0 saturated carbocycles. The number of likely N-dealkylation sites (tertiary alicyclic amines) is 2. The zero-order chi connectivity index (χ0) is 27.2. The van der Waals surface area contributed by atoms with Crippen LogP contribution in [0.5, 0.6) is 0 Å². The summed E-state index contributed by atoms with van der Waals surface area (Å²) in [7, 11) is 0. The van der Waals surface area contributed by atoms with E-state index >= 15 is 0 Å². The molecule has 4 nitrogen and oxygen atoms in total. The Morgan fingerprint density at radius 3 is 1.65 bits per heavy atom. The smallest absolute Gasteiger partial charge is 0.123 e. The van der Waals surface area contributed by atoms with E-state index in [1.807, 2.05) is 12.1 Å². The van der Waals surface area contributed by atoms with E-state index in [9.17, 15) is 4.39 Å². The first-order valence-electron chi connectivity index (χ1n) is 15.3. The predicted octanol–water partition coefficient (Wildman–Crippen LogP) is 7.08. The highest BCUT2D eigenvalue weighted by Crippen LogP contribution is 2.47. The molecule has 3 aromatic carbocycles. The van der Waals surface area contributed by atoms with E-state index in [2.05, 4.69) is 65.3 Å². The molecule has 0 N–H and O–H groups in total. The molecule has 0 aromatic heterocycles. The van der Waals surface area contributed by atoms with E-state index in [-0.39, 0.29) is 17.0 Å². The Morgan fingerprint density at radius 1 is 0.700 bits per heavy atom. The second-order valence-electron chi connectivity index (χ2n) is 12.3. The molecule has 2 saturated heterocycles. The summed E-state index contributed by atoms with van der Waals surface area (Å²) in [6.07, 6.45) is 6.56. The predicted molar refractivity (Wildman–Crippen MR) is 155 cm³/mol. The van der Waals surface area contributed by atoms with E-state index in [4.69, 9.17) is 9.47 Å². The van der Waals surface area contributed by atoms with Gasteiger partial charge in [-0.25, -0.2) is 4.39 Å². The number of piperidine rings is 2. The van der Waals surface area contributed by atoms with Gasteiger partial charge in [-0.2, -0.15) is 0 Å². The van der Waals surface area contributed by atoms with Crippen LogP contribution in [0, 0.1) is 5.82 Å². The van der Waals surface area contributed by atoms with Gasteiger partial charge in [0.05, 0.1) is 30.6 Å². The second-order valence-corrected chi connectivity index (χ2v) is 12.3. The van der Waals surface area contributed by atoms with Crippen LogP contribution in [-0.2, 0) is 33.9 Å². The molecule has 4 heterocycles. The minimum absolute atomic E-state index is 0.133. The van der Waals surface area contributed by atoms with Gasteiger partial charge >= 0.3 is 0 Å². The van der Waals surface area contributed by atoms with E-state index in [0.717, 1.165) is 77.9 Å². The molecule has 1 unspecified atom stereocenters. The van der Waals surface area contributed by atoms with E-state index in [0.29, 0.717) is 12.1 Å². The van der Waals surface area contributed by atoms with Crippen LogP contribution in [0.15, 0.2) is 72.8 Å². The van der Waals surface area contributed by atoms with Gasteiger partial charge in [0.25, 0.3) is 0 Å². The number of fused-ring (bicyclic) bond motifs is 4. The van der Waals surface area contributed by atoms with E-state index < -0.39 is 0 Å². The normalized spacial score (nSPS) is 22.6. The fraction of sp³-hybridized carbons (Fsp3) is 0.486. The fourth-order valence-corrected chi connectivity index (χ4v) is 8.02. The van der Waals surface area contributed by atoms with Crippen LogP contribution in [0.4, 0.5) is 4.39 Å². The molecule has 0 bridgehead atoms. The van der Waals surface area contributed by atoms with Gasteiger partial charge in [0.1, 0.15) is 5.82 Å². The summed E-state index contributed by atoms with van der Waals surface area (Å²) in [6.45, 7) is 7.85. The molecule has 40 heavy (non-hydrogen) atoms. The molecule has 210 valence electrons. The molecule has 2 spiro atoms. The van der Waals surface area contributed by atoms with Crippen molar-refractivity contribution in [1.82, 2.24) is 9.80 Å². The van der Waals surface area contributed by atoms with Gasteiger partial charge in [0, 0.05) is 26.2 Å². The van der Waals surface area contributed by atoms with Crippen molar-refractivity contribution in [2.75, 3.05) is 26.2 Å². The Labute approximate surface area is 238 Å². The number of hydrogen-bond donors (Lipinski definition) is 0. The first kappa shape index (κ1) is 26.3. The highest BCUT2D eigenvalue weighted by atomic mass is 19.1. The first-order chi connectivity index (χ1) is 19.6. The van der Waals surface area contributed by atoms with Crippen LogP contribution < -0.4 is 0 Å². The van der Waals surface area contributed by atoms with Crippen molar-refractivity contribution in [2.45, 2.75) is 81.9 Å². The van der Waals surface area contributed by atoms with Gasteiger partial charge in [-0.1, -0.05) is 67.6 Å².